The van der Waals surface area contributed by atoms with E-state index in [4.69, 9.17) is 0 Å². The van der Waals surface area contributed by atoms with E-state index in [9.17, 15) is 9.59 Å². The zero-order chi connectivity index (χ0) is 15.6. The van der Waals surface area contributed by atoms with Gasteiger partial charge in [0, 0.05) is 16.3 Å². The Labute approximate surface area is 137 Å². The van der Waals surface area contributed by atoms with Crippen LogP contribution in [0.5, 0.6) is 0 Å². The van der Waals surface area contributed by atoms with E-state index < -0.39 is 0 Å². The van der Waals surface area contributed by atoms with Crippen LogP contribution in [-0.4, -0.2) is 11.8 Å². The second kappa shape index (κ2) is 4.66. The van der Waals surface area contributed by atoms with E-state index in [0.29, 0.717) is 5.69 Å². The van der Waals surface area contributed by atoms with Crippen molar-refractivity contribution in [2.75, 3.05) is 4.90 Å². The zero-order valence-corrected chi connectivity index (χ0v) is 14.0. The number of nitrogens with zero attached hydrogens (tertiary/aromatic N) is 1. The van der Waals surface area contributed by atoms with Crippen LogP contribution in [0.25, 0.3) is 0 Å². The Kier molecular flexibility index (Phi) is 2.95. The highest BCUT2D eigenvalue weighted by Crippen LogP contribution is 2.57. The van der Waals surface area contributed by atoms with E-state index in [-0.39, 0.29) is 35.5 Å². The number of anilines is 1. The van der Waals surface area contributed by atoms with E-state index in [0.717, 1.165) is 4.47 Å². The molecule has 4 atom stereocenters. The van der Waals surface area contributed by atoms with Crippen molar-refractivity contribution in [3.8, 4) is 0 Å². The van der Waals surface area contributed by atoms with Crippen molar-refractivity contribution in [3.05, 3.63) is 52.0 Å². The van der Waals surface area contributed by atoms with Gasteiger partial charge in [0.15, 0.2) is 0 Å². The van der Waals surface area contributed by atoms with Crippen LogP contribution >= 0.6 is 15.9 Å². The largest absolute Gasteiger partial charge is 0.274 e. The summed E-state index contributed by atoms with van der Waals surface area (Å²) in [7, 11) is 0. The third-order valence-corrected chi connectivity index (χ3v) is 5.55. The van der Waals surface area contributed by atoms with Crippen molar-refractivity contribution in [2.24, 2.45) is 23.7 Å². The lowest BCUT2D eigenvalue weighted by atomic mass is 9.85. The molecule has 1 saturated carbocycles. The Balaban J connectivity index is 1.78. The lowest BCUT2D eigenvalue weighted by molar-refractivity contribution is -0.122. The van der Waals surface area contributed by atoms with Crippen molar-refractivity contribution in [1.82, 2.24) is 0 Å². The molecule has 4 heteroatoms. The molecule has 0 N–H and O–H groups in total. The molecule has 2 aliphatic carbocycles. The van der Waals surface area contributed by atoms with Crippen LogP contribution < -0.4 is 4.90 Å². The number of hydrogen-bond donors (Lipinski definition) is 0. The molecule has 2 fully saturated rings. The molecule has 0 spiro atoms. The number of rotatable bonds is 1. The first kappa shape index (κ1) is 13.9. The summed E-state index contributed by atoms with van der Waals surface area (Å²) in [5.74, 6) is -0.327. The molecule has 2 amide bonds. The van der Waals surface area contributed by atoms with E-state index in [1.807, 2.05) is 24.3 Å². The zero-order valence-electron chi connectivity index (χ0n) is 12.4. The van der Waals surface area contributed by atoms with Crippen LogP contribution in [0.15, 0.2) is 52.0 Å². The molecule has 0 unspecified atom stereocenters. The van der Waals surface area contributed by atoms with E-state index in [2.05, 4.69) is 41.9 Å². The lowest BCUT2D eigenvalue weighted by Gasteiger charge is -2.19. The average Bonchev–Trinajstić information content (AvgIpc) is 3.09. The van der Waals surface area contributed by atoms with Crippen LogP contribution in [0, 0.1) is 23.7 Å². The van der Waals surface area contributed by atoms with Crippen molar-refractivity contribution < 1.29 is 9.59 Å². The highest BCUT2D eigenvalue weighted by molar-refractivity contribution is 9.10. The standard InChI is InChI=1S/C18H16BrNO2/c1-9(2)14-12-6-7-13(14)16-15(12)17(21)20(18(16)22)11-5-3-4-10(19)8-11/h3-8,12-13,15-16H,1-2H3/t12-,13-,15+,16+/m1/s1. The molecule has 112 valence electrons. The van der Waals surface area contributed by atoms with Gasteiger partial charge in [-0.05, 0) is 32.0 Å². The quantitative estimate of drug-likeness (QED) is 0.567. The fourth-order valence-corrected chi connectivity index (χ4v) is 4.69. The first-order valence-corrected chi connectivity index (χ1v) is 8.29. The second-order valence-electron chi connectivity index (χ2n) is 6.44. The van der Waals surface area contributed by atoms with Gasteiger partial charge in [0.25, 0.3) is 0 Å². The molecule has 4 rings (SSSR count). The predicted octanol–water partition coefficient (Wildman–Crippen LogP) is 3.71. The van der Waals surface area contributed by atoms with E-state index in [1.165, 1.54) is 16.0 Å². The summed E-state index contributed by atoms with van der Waals surface area (Å²) in [5, 5.41) is 0. The molecule has 1 saturated heterocycles. The first-order chi connectivity index (χ1) is 10.5. The molecule has 1 aliphatic heterocycles. The summed E-state index contributed by atoms with van der Waals surface area (Å²) in [6.07, 6.45) is 4.23. The summed E-state index contributed by atoms with van der Waals surface area (Å²) in [5.41, 5.74) is 3.19. The molecular weight excluding hydrogens is 342 g/mol. The topological polar surface area (TPSA) is 37.4 Å². The van der Waals surface area contributed by atoms with Gasteiger partial charge < -0.3 is 0 Å². The van der Waals surface area contributed by atoms with Gasteiger partial charge in [-0.2, -0.15) is 0 Å². The number of allylic oxidation sites excluding steroid dienone is 4. The second-order valence-corrected chi connectivity index (χ2v) is 7.35. The maximum absolute atomic E-state index is 12.9. The average molecular weight is 358 g/mol. The first-order valence-electron chi connectivity index (χ1n) is 7.49. The van der Waals surface area contributed by atoms with Crippen molar-refractivity contribution in [2.45, 2.75) is 13.8 Å². The Morgan fingerprint density at radius 1 is 1.05 bits per heavy atom. The van der Waals surface area contributed by atoms with Crippen LogP contribution in [0.1, 0.15) is 13.8 Å². The number of carbonyl (C=O) groups excluding carboxylic acids is 2. The fourth-order valence-electron chi connectivity index (χ4n) is 4.30. The number of imide groups is 1. The minimum Gasteiger partial charge on any atom is -0.274 e. The van der Waals surface area contributed by atoms with Gasteiger partial charge in [-0.1, -0.05) is 45.3 Å². The number of benzene rings is 1. The summed E-state index contributed by atoms with van der Waals surface area (Å²) in [6, 6.07) is 7.39. The number of halogens is 1. The molecule has 1 aromatic carbocycles. The maximum atomic E-state index is 12.9. The van der Waals surface area contributed by atoms with Gasteiger partial charge in [-0.15, -0.1) is 0 Å². The Bertz CT molecular complexity index is 726. The van der Waals surface area contributed by atoms with Gasteiger partial charge in [-0.25, -0.2) is 4.90 Å². The van der Waals surface area contributed by atoms with E-state index >= 15 is 0 Å². The predicted molar refractivity (Wildman–Crippen MR) is 88.1 cm³/mol. The minimum atomic E-state index is -0.216. The van der Waals surface area contributed by atoms with Crippen LogP contribution in [0.4, 0.5) is 5.69 Å². The van der Waals surface area contributed by atoms with Crippen LogP contribution in [-0.2, 0) is 9.59 Å². The molecular formula is C18H16BrNO2. The molecule has 1 heterocycles. The lowest BCUT2D eigenvalue weighted by Crippen LogP contribution is -2.33. The normalized spacial score (nSPS) is 32.1. The van der Waals surface area contributed by atoms with Gasteiger partial charge in [0.2, 0.25) is 11.8 Å². The third-order valence-electron chi connectivity index (χ3n) is 5.06. The number of carbonyl (C=O) groups is 2. The number of fused-ring (bicyclic) bond motifs is 5. The summed E-state index contributed by atoms with van der Waals surface area (Å²) >= 11 is 3.41. The van der Waals surface area contributed by atoms with E-state index in [1.54, 1.807) is 0 Å². The monoisotopic (exact) mass is 357 g/mol. The molecule has 0 radical (unpaired) electrons. The summed E-state index contributed by atoms with van der Waals surface area (Å²) in [6.45, 7) is 4.15. The van der Waals surface area contributed by atoms with Crippen LogP contribution in [0.3, 0.4) is 0 Å². The highest BCUT2D eigenvalue weighted by Gasteiger charge is 2.61. The van der Waals surface area contributed by atoms with Gasteiger partial charge in [-0.3, -0.25) is 9.59 Å². The summed E-state index contributed by atoms with van der Waals surface area (Å²) < 4.78 is 0.869. The maximum Gasteiger partial charge on any atom is 0.238 e. The molecule has 2 bridgehead atoms. The SMILES string of the molecule is CC(C)=C1[C@H]2C=C[C@H]1[C@@H]1C(=O)N(c3cccc(Br)c3)C(=O)[C@H]12. The third kappa shape index (κ3) is 1.67. The van der Waals surface area contributed by atoms with Gasteiger partial charge in [0.05, 0.1) is 17.5 Å². The molecule has 3 nitrogen and oxygen atoms in total. The van der Waals surface area contributed by atoms with Gasteiger partial charge >= 0.3 is 0 Å². The minimum absolute atomic E-state index is 0.0521. The Hall–Kier alpha value is -1.68. The van der Waals surface area contributed by atoms with Crippen LogP contribution in [0.2, 0.25) is 0 Å². The van der Waals surface area contributed by atoms with Crippen molar-refractivity contribution in [1.29, 1.82) is 0 Å². The summed E-state index contributed by atoms with van der Waals surface area (Å²) in [4.78, 5) is 27.2. The molecule has 1 aromatic rings. The number of amides is 2. The van der Waals surface area contributed by atoms with Gasteiger partial charge in [0.1, 0.15) is 0 Å². The van der Waals surface area contributed by atoms with Crippen molar-refractivity contribution in [3.63, 3.8) is 0 Å². The molecule has 0 aromatic heterocycles. The smallest absolute Gasteiger partial charge is 0.238 e. The molecule has 3 aliphatic rings. The van der Waals surface area contributed by atoms with Crippen molar-refractivity contribution >= 4 is 33.4 Å². The molecule has 22 heavy (non-hydrogen) atoms. The number of hydrogen-bond acceptors (Lipinski definition) is 2. The highest BCUT2D eigenvalue weighted by atomic mass is 79.9. The fraction of sp³-hybridized carbons (Fsp3) is 0.333. The Morgan fingerprint density at radius 3 is 2.14 bits per heavy atom. The Morgan fingerprint density at radius 2 is 1.64 bits per heavy atom.